The van der Waals surface area contributed by atoms with Gasteiger partial charge in [0.05, 0.1) is 27.7 Å². The first-order chi connectivity index (χ1) is 13.3. The summed E-state index contributed by atoms with van der Waals surface area (Å²) in [4.78, 5) is 27.4. The number of benzene rings is 2. The van der Waals surface area contributed by atoms with Crippen LogP contribution in [0.5, 0.6) is 0 Å². The van der Waals surface area contributed by atoms with Gasteiger partial charge in [0.15, 0.2) is 0 Å². The molecule has 0 aliphatic heterocycles. The van der Waals surface area contributed by atoms with Crippen LogP contribution < -0.4 is 5.32 Å². The van der Waals surface area contributed by atoms with Crippen molar-refractivity contribution in [2.75, 3.05) is 18.9 Å². The number of carbonyl (C=O) groups excluding carboxylic acids is 2. The van der Waals surface area contributed by atoms with Crippen molar-refractivity contribution in [3.05, 3.63) is 62.5 Å². The van der Waals surface area contributed by atoms with Gasteiger partial charge in [-0.2, -0.15) is 0 Å². The predicted octanol–water partition coefficient (Wildman–Crippen LogP) is 5.66. The summed E-state index contributed by atoms with van der Waals surface area (Å²) in [5, 5.41) is 3.43. The number of likely N-dealkylation sites (N-methyl/N-ethyl adjacent to an activating group) is 1. The largest absolute Gasteiger partial charge is 0.336 e. The van der Waals surface area contributed by atoms with Crippen LogP contribution in [0, 0.1) is 0 Å². The van der Waals surface area contributed by atoms with Gasteiger partial charge in [-0.3, -0.25) is 9.59 Å². The van der Waals surface area contributed by atoms with E-state index in [1.54, 1.807) is 25.2 Å². The Morgan fingerprint density at radius 3 is 2.21 bits per heavy atom. The fraction of sp³-hybridized carbons (Fsp3) is 0.333. The van der Waals surface area contributed by atoms with Crippen LogP contribution in [0.3, 0.4) is 0 Å². The highest BCUT2D eigenvalue weighted by Gasteiger charge is 2.44. The van der Waals surface area contributed by atoms with Crippen molar-refractivity contribution in [1.29, 1.82) is 0 Å². The lowest BCUT2D eigenvalue weighted by molar-refractivity contribution is -0.138. The van der Waals surface area contributed by atoms with E-state index in [9.17, 15) is 9.59 Å². The van der Waals surface area contributed by atoms with Gasteiger partial charge in [0.1, 0.15) is 0 Å². The van der Waals surface area contributed by atoms with E-state index in [0.29, 0.717) is 15.7 Å². The van der Waals surface area contributed by atoms with Gasteiger partial charge in [0, 0.05) is 11.5 Å². The third-order valence-corrected chi connectivity index (χ3v) is 6.38. The maximum Gasteiger partial charge on any atom is 0.244 e. The minimum Gasteiger partial charge on any atom is -0.336 e. The molecule has 0 atom stereocenters. The maximum atomic E-state index is 13.4. The number of para-hydroxylation sites is 1. The van der Waals surface area contributed by atoms with Gasteiger partial charge in [-0.05, 0) is 42.7 Å². The summed E-state index contributed by atoms with van der Waals surface area (Å²) in [6.45, 7) is -0.0708. The molecule has 1 aliphatic rings. The Bertz CT molecular complexity index is 860. The Morgan fingerprint density at radius 2 is 1.64 bits per heavy atom. The summed E-state index contributed by atoms with van der Waals surface area (Å²) >= 11 is 15.7. The molecule has 148 valence electrons. The lowest BCUT2D eigenvalue weighted by Crippen LogP contribution is -2.46. The highest BCUT2D eigenvalue weighted by molar-refractivity contribution is 9.10. The average molecular weight is 484 g/mol. The summed E-state index contributed by atoms with van der Waals surface area (Å²) in [6, 6.07) is 12.9. The predicted molar refractivity (Wildman–Crippen MR) is 117 cm³/mol. The Kier molecular flexibility index (Phi) is 6.69. The molecule has 1 aliphatic carbocycles. The molecule has 0 aromatic heterocycles. The number of carbonyl (C=O) groups is 2. The minimum atomic E-state index is -0.572. The molecule has 1 fully saturated rings. The van der Waals surface area contributed by atoms with Gasteiger partial charge in [-0.1, -0.05) is 70.2 Å². The topological polar surface area (TPSA) is 49.4 Å². The smallest absolute Gasteiger partial charge is 0.244 e. The lowest BCUT2D eigenvalue weighted by Gasteiger charge is -2.32. The van der Waals surface area contributed by atoms with Crippen LogP contribution in [0.4, 0.5) is 5.69 Å². The van der Waals surface area contributed by atoms with Crippen LogP contribution in [0.15, 0.2) is 46.9 Å². The molecule has 2 aromatic carbocycles. The molecule has 0 saturated heterocycles. The number of hydrogen-bond donors (Lipinski definition) is 1. The van der Waals surface area contributed by atoms with Crippen molar-refractivity contribution in [3.63, 3.8) is 0 Å². The third kappa shape index (κ3) is 4.37. The van der Waals surface area contributed by atoms with E-state index in [0.717, 1.165) is 35.7 Å². The molecule has 0 radical (unpaired) electrons. The molecule has 0 spiro atoms. The van der Waals surface area contributed by atoms with Gasteiger partial charge in [-0.15, -0.1) is 0 Å². The molecule has 4 nitrogen and oxygen atoms in total. The second-order valence-corrected chi connectivity index (χ2v) is 8.83. The lowest BCUT2D eigenvalue weighted by atomic mass is 9.77. The molecule has 2 aromatic rings. The third-order valence-electron chi connectivity index (χ3n) is 5.22. The number of nitrogens with one attached hydrogen (secondary N) is 1. The Morgan fingerprint density at radius 1 is 1.07 bits per heavy atom. The standard InChI is InChI=1S/C21H21BrCl2N2O2/c1-26(13-18(27)25-19-16(23)5-4-6-17(19)24)20(28)21(11-2-3-12-21)14-7-9-15(22)10-8-14/h4-10H,2-3,11-13H2,1H3,(H,25,27). The van der Waals surface area contributed by atoms with Crippen LogP contribution >= 0.6 is 39.1 Å². The highest BCUT2D eigenvalue weighted by atomic mass is 79.9. The van der Waals surface area contributed by atoms with Crippen molar-refractivity contribution in [3.8, 4) is 0 Å². The Hall–Kier alpha value is -1.56. The number of hydrogen-bond acceptors (Lipinski definition) is 2. The average Bonchev–Trinajstić information content (AvgIpc) is 3.15. The van der Waals surface area contributed by atoms with Crippen LogP contribution in [-0.4, -0.2) is 30.3 Å². The number of amides is 2. The van der Waals surface area contributed by atoms with E-state index in [2.05, 4.69) is 21.2 Å². The molecule has 1 saturated carbocycles. The van der Waals surface area contributed by atoms with E-state index < -0.39 is 5.41 Å². The molecule has 28 heavy (non-hydrogen) atoms. The number of halogens is 3. The SMILES string of the molecule is CN(CC(=O)Nc1c(Cl)cccc1Cl)C(=O)C1(c2ccc(Br)cc2)CCCC1. The van der Waals surface area contributed by atoms with E-state index in [4.69, 9.17) is 23.2 Å². The van der Waals surface area contributed by atoms with Crippen molar-refractivity contribution in [1.82, 2.24) is 4.90 Å². The summed E-state index contributed by atoms with van der Waals surface area (Å²) in [5.41, 5.74) is 0.789. The molecular weight excluding hydrogens is 463 g/mol. The van der Waals surface area contributed by atoms with Crippen molar-refractivity contribution in [2.45, 2.75) is 31.1 Å². The molecule has 1 N–H and O–H groups in total. The summed E-state index contributed by atoms with van der Waals surface area (Å²) < 4.78 is 0.973. The monoisotopic (exact) mass is 482 g/mol. The quantitative estimate of drug-likeness (QED) is 0.595. The fourth-order valence-corrected chi connectivity index (χ4v) is 4.58. The second kappa shape index (κ2) is 8.85. The van der Waals surface area contributed by atoms with E-state index in [1.165, 1.54) is 4.90 Å². The maximum absolute atomic E-state index is 13.4. The zero-order valence-electron chi connectivity index (χ0n) is 15.5. The molecule has 2 amide bonds. The first-order valence-electron chi connectivity index (χ1n) is 9.09. The second-order valence-electron chi connectivity index (χ2n) is 7.10. The van der Waals surface area contributed by atoms with Crippen LogP contribution in [0.1, 0.15) is 31.2 Å². The zero-order valence-corrected chi connectivity index (χ0v) is 18.6. The molecule has 3 rings (SSSR count). The van der Waals surface area contributed by atoms with E-state index >= 15 is 0 Å². The van der Waals surface area contributed by atoms with Gasteiger partial charge < -0.3 is 10.2 Å². The van der Waals surface area contributed by atoms with Crippen LogP contribution in [0.2, 0.25) is 10.0 Å². The van der Waals surface area contributed by atoms with Gasteiger partial charge in [0.2, 0.25) is 11.8 Å². The molecular formula is C21H21BrCl2N2O2. The summed E-state index contributed by atoms with van der Waals surface area (Å²) in [7, 11) is 1.66. The first kappa shape index (κ1) is 21.2. The van der Waals surface area contributed by atoms with Crippen LogP contribution in [0.25, 0.3) is 0 Å². The van der Waals surface area contributed by atoms with Gasteiger partial charge >= 0.3 is 0 Å². The van der Waals surface area contributed by atoms with Crippen molar-refractivity contribution >= 4 is 56.6 Å². The zero-order chi connectivity index (χ0) is 20.3. The first-order valence-corrected chi connectivity index (χ1v) is 10.6. The highest BCUT2D eigenvalue weighted by Crippen LogP contribution is 2.42. The number of rotatable bonds is 5. The fourth-order valence-electron chi connectivity index (χ4n) is 3.82. The normalized spacial score (nSPS) is 15.3. The van der Waals surface area contributed by atoms with Crippen molar-refractivity contribution < 1.29 is 9.59 Å². The van der Waals surface area contributed by atoms with E-state index in [-0.39, 0.29) is 18.4 Å². The van der Waals surface area contributed by atoms with Crippen LogP contribution in [-0.2, 0) is 15.0 Å². The number of anilines is 1. The molecule has 0 unspecified atom stereocenters. The van der Waals surface area contributed by atoms with Gasteiger partial charge in [0.25, 0.3) is 0 Å². The summed E-state index contributed by atoms with van der Waals surface area (Å²) in [5.74, 6) is -0.373. The van der Waals surface area contributed by atoms with E-state index in [1.807, 2.05) is 24.3 Å². The minimum absolute atomic E-state index is 0.0345. The molecule has 0 bridgehead atoms. The molecule has 0 heterocycles. The van der Waals surface area contributed by atoms with Crippen molar-refractivity contribution in [2.24, 2.45) is 0 Å². The summed E-state index contributed by atoms with van der Waals surface area (Å²) in [6.07, 6.45) is 3.57. The molecule has 7 heteroatoms. The Balaban J connectivity index is 1.75. The Labute approximate surface area is 183 Å². The van der Waals surface area contributed by atoms with Gasteiger partial charge in [-0.25, -0.2) is 0 Å². The number of nitrogens with zero attached hydrogens (tertiary/aromatic N) is 1.